The normalized spacial score (nSPS) is 14.4. The Bertz CT molecular complexity index is 1270. The predicted octanol–water partition coefficient (Wildman–Crippen LogP) is 3.93. The minimum Gasteiger partial charge on any atom is -0.339 e. The van der Waals surface area contributed by atoms with Crippen LogP contribution in [0.4, 0.5) is 0 Å². The molecule has 0 atom stereocenters. The molecule has 4 aromatic rings. The maximum absolute atomic E-state index is 13.0. The van der Waals surface area contributed by atoms with Gasteiger partial charge in [0.2, 0.25) is 11.7 Å². The third-order valence-electron chi connectivity index (χ3n) is 6.41. The van der Waals surface area contributed by atoms with E-state index in [2.05, 4.69) is 27.1 Å². The number of hydrogen-bond acceptors (Lipinski definition) is 6. The zero-order valence-electron chi connectivity index (χ0n) is 20.2. The van der Waals surface area contributed by atoms with Crippen molar-refractivity contribution in [2.24, 2.45) is 0 Å². The van der Waals surface area contributed by atoms with E-state index in [0.29, 0.717) is 30.5 Å². The fraction of sp³-hybridized carbons (Fsp3) is 0.333. The molecule has 1 saturated heterocycles. The van der Waals surface area contributed by atoms with E-state index in [9.17, 15) is 4.79 Å². The molecule has 5 rings (SSSR count). The van der Waals surface area contributed by atoms with E-state index in [4.69, 9.17) is 4.52 Å². The highest BCUT2D eigenvalue weighted by atomic mass is 16.5. The van der Waals surface area contributed by atoms with Gasteiger partial charge in [-0.05, 0) is 45.0 Å². The standard InChI is InChI=1S/C27H30N6O2/c1-20-10-12-22(13-11-20)26-28-25(35-30-26)9-6-14-31-15-17-32(18-16-31)27(34)24-19-21(2)33(29-24)23-7-4-3-5-8-23/h3-5,7-8,10-13,19H,6,9,14-18H2,1-2H3. The van der Waals surface area contributed by atoms with E-state index in [1.807, 2.05) is 77.2 Å². The number of piperazine rings is 1. The molecule has 0 bridgehead atoms. The lowest BCUT2D eigenvalue weighted by atomic mass is 10.1. The van der Waals surface area contributed by atoms with Gasteiger partial charge in [0, 0.05) is 43.9 Å². The highest BCUT2D eigenvalue weighted by Gasteiger charge is 2.24. The molecule has 35 heavy (non-hydrogen) atoms. The van der Waals surface area contributed by atoms with Crippen molar-refractivity contribution in [1.82, 2.24) is 29.7 Å². The number of carbonyl (C=O) groups is 1. The smallest absolute Gasteiger partial charge is 0.274 e. The summed E-state index contributed by atoms with van der Waals surface area (Å²) >= 11 is 0. The minimum atomic E-state index is -0.00285. The monoisotopic (exact) mass is 470 g/mol. The maximum atomic E-state index is 13.0. The SMILES string of the molecule is Cc1ccc(-c2noc(CCCN3CCN(C(=O)c4cc(C)n(-c5ccccc5)n4)CC3)n2)cc1. The fourth-order valence-electron chi connectivity index (χ4n) is 4.38. The van der Waals surface area contributed by atoms with Crippen LogP contribution in [-0.2, 0) is 6.42 Å². The zero-order valence-corrected chi connectivity index (χ0v) is 20.2. The van der Waals surface area contributed by atoms with Crippen LogP contribution in [-0.4, -0.2) is 68.4 Å². The van der Waals surface area contributed by atoms with Crippen LogP contribution in [0, 0.1) is 13.8 Å². The molecule has 2 aromatic carbocycles. The molecule has 1 amide bonds. The zero-order chi connectivity index (χ0) is 24.2. The van der Waals surface area contributed by atoms with Gasteiger partial charge in [0.15, 0.2) is 5.69 Å². The first-order valence-electron chi connectivity index (χ1n) is 12.1. The van der Waals surface area contributed by atoms with Gasteiger partial charge in [-0.15, -0.1) is 0 Å². The van der Waals surface area contributed by atoms with Gasteiger partial charge in [0.1, 0.15) is 0 Å². The number of benzene rings is 2. The van der Waals surface area contributed by atoms with Crippen molar-refractivity contribution in [2.45, 2.75) is 26.7 Å². The summed E-state index contributed by atoms with van der Waals surface area (Å²) in [7, 11) is 0. The molecular weight excluding hydrogens is 440 g/mol. The number of aromatic nitrogens is 4. The second-order valence-electron chi connectivity index (χ2n) is 9.03. The Hall–Kier alpha value is -3.78. The molecule has 8 heteroatoms. The Morgan fingerprint density at radius 2 is 1.71 bits per heavy atom. The van der Waals surface area contributed by atoms with Gasteiger partial charge in [0.05, 0.1) is 5.69 Å². The number of carbonyl (C=O) groups excluding carboxylic acids is 1. The summed E-state index contributed by atoms with van der Waals surface area (Å²) in [5, 5.41) is 8.69. The van der Waals surface area contributed by atoms with Crippen molar-refractivity contribution in [3.8, 4) is 17.1 Å². The quantitative estimate of drug-likeness (QED) is 0.407. The van der Waals surface area contributed by atoms with Crippen molar-refractivity contribution in [2.75, 3.05) is 32.7 Å². The number of para-hydroxylation sites is 1. The molecule has 180 valence electrons. The third kappa shape index (κ3) is 5.33. The van der Waals surface area contributed by atoms with Crippen LogP contribution in [0.1, 0.15) is 34.1 Å². The summed E-state index contributed by atoms with van der Waals surface area (Å²) in [5.41, 5.74) is 4.58. The Morgan fingerprint density at radius 3 is 2.46 bits per heavy atom. The van der Waals surface area contributed by atoms with Crippen LogP contribution in [0.15, 0.2) is 65.2 Å². The molecule has 2 aromatic heterocycles. The molecule has 0 spiro atoms. The first kappa shape index (κ1) is 23.0. The second-order valence-corrected chi connectivity index (χ2v) is 9.03. The summed E-state index contributed by atoms with van der Waals surface area (Å²) in [6.45, 7) is 8.07. The van der Waals surface area contributed by atoms with Gasteiger partial charge in [-0.3, -0.25) is 9.69 Å². The van der Waals surface area contributed by atoms with Gasteiger partial charge >= 0.3 is 0 Å². The lowest BCUT2D eigenvalue weighted by Gasteiger charge is -2.34. The van der Waals surface area contributed by atoms with E-state index >= 15 is 0 Å². The average molecular weight is 471 g/mol. The molecule has 8 nitrogen and oxygen atoms in total. The molecule has 0 aliphatic carbocycles. The van der Waals surface area contributed by atoms with Crippen molar-refractivity contribution in [3.05, 3.63) is 83.5 Å². The molecule has 0 saturated carbocycles. The molecule has 3 heterocycles. The lowest BCUT2D eigenvalue weighted by molar-refractivity contribution is 0.0629. The minimum absolute atomic E-state index is 0.00285. The molecule has 1 aliphatic heterocycles. The molecule has 1 fully saturated rings. The van der Waals surface area contributed by atoms with Gasteiger partial charge in [-0.25, -0.2) is 4.68 Å². The Labute approximate surface area is 205 Å². The number of amides is 1. The van der Waals surface area contributed by atoms with E-state index in [1.165, 1.54) is 5.56 Å². The number of aryl methyl sites for hydroxylation is 3. The largest absolute Gasteiger partial charge is 0.339 e. The summed E-state index contributed by atoms with van der Waals surface area (Å²) in [5.74, 6) is 1.30. The topological polar surface area (TPSA) is 80.3 Å². The first-order valence-corrected chi connectivity index (χ1v) is 12.1. The highest BCUT2D eigenvalue weighted by Crippen LogP contribution is 2.18. The van der Waals surface area contributed by atoms with Crippen molar-refractivity contribution in [3.63, 3.8) is 0 Å². The summed E-state index contributed by atoms with van der Waals surface area (Å²) in [6, 6.07) is 19.9. The van der Waals surface area contributed by atoms with Crippen LogP contribution >= 0.6 is 0 Å². The van der Waals surface area contributed by atoms with Gasteiger partial charge in [-0.2, -0.15) is 10.1 Å². The van der Waals surface area contributed by atoms with Gasteiger partial charge in [-0.1, -0.05) is 53.2 Å². The molecule has 0 N–H and O–H groups in total. The van der Waals surface area contributed by atoms with Crippen LogP contribution < -0.4 is 0 Å². The van der Waals surface area contributed by atoms with E-state index in [1.54, 1.807) is 0 Å². The van der Waals surface area contributed by atoms with E-state index in [-0.39, 0.29) is 5.91 Å². The van der Waals surface area contributed by atoms with Crippen LogP contribution in [0.25, 0.3) is 17.1 Å². The maximum Gasteiger partial charge on any atom is 0.274 e. The van der Waals surface area contributed by atoms with Crippen molar-refractivity contribution >= 4 is 5.91 Å². The Balaban J connectivity index is 1.09. The molecule has 0 radical (unpaired) electrons. The van der Waals surface area contributed by atoms with Crippen LogP contribution in [0.5, 0.6) is 0 Å². The molecule has 1 aliphatic rings. The first-order chi connectivity index (χ1) is 17.1. The summed E-state index contributed by atoms with van der Waals surface area (Å²) in [6.07, 6.45) is 1.68. The second kappa shape index (κ2) is 10.2. The van der Waals surface area contributed by atoms with Crippen LogP contribution in [0.2, 0.25) is 0 Å². The molecule has 0 unspecified atom stereocenters. The highest BCUT2D eigenvalue weighted by molar-refractivity contribution is 5.92. The summed E-state index contributed by atoms with van der Waals surface area (Å²) in [4.78, 5) is 21.9. The average Bonchev–Trinajstić information content (AvgIpc) is 3.52. The van der Waals surface area contributed by atoms with Crippen molar-refractivity contribution in [1.29, 1.82) is 0 Å². The Morgan fingerprint density at radius 1 is 0.971 bits per heavy atom. The van der Waals surface area contributed by atoms with E-state index < -0.39 is 0 Å². The van der Waals surface area contributed by atoms with E-state index in [0.717, 1.165) is 49.4 Å². The third-order valence-corrected chi connectivity index (χ3v) is 6.41. The fourth-order valence-corrected chi connectivity index (χ4v) is 4.38. The predicted molar refractivity (Wildman–Crippen MR) is 133 cm³/mol. The number of hydrogen-bond donors (Lipinski definition) is 0. The number of nitrogens with zero attached hydrogens (tertiary/aromatic N) is 6. The molecular formula is C27H30N6O2. The van der Waals surface area contributed by atoms with Crippen molar-refractivity contribution < 1.29 is 9.32 Å². The lowest BCUT2D eigenvalue weighted by Crippen LogP contribution is -2.49. The number of rotatable bonds is 7. The van der Waals surface area contributed by atoms with Crippen LogP contribution in [0.3, 0.4) is 0 Å². The van der Waals surface area contributed by atoms with Gasteiger partial charge in [0.25, 0.3) is 5.91 Å². The Kier molecular flexibility index (Phi) is 6.72. The summed E-state index contributed by atoms with van der Waals surface area (Å²) < 4.78 is 7.26. The van der Waals surface area contributed by atoms with Gasteiger partial charge < -0.3 is 9.42 Å².